The van der Waals surface area contributed by atoms with Crippen molar-refractivity contribution in [3.8, 4) is 22.9 Å². The van der Waals surface area contributed by atoms with E-state index in [1.807, 2.05) is 12.1 Å². The molecule has 1 saturated heterocycles. The van der Waals surface area contributed by atoms with Gasteiger partial charge >= 0.3 is 12.0 Å². The third-order valence-corrected chi connectivity index (χ3v) is 6.94. The molecule has 0 aliphatic carbocycles. The largest absolute Gasteiger partial charge is 0.463 e. The topological polar surface area (TPSA) is 73.8 Å². The van der Waals surface area contributed by atoms with Crippen LogP contribution in [0.4, 0.5) is 0 Å². The summed E-state index contributed by atoms with van der Waals surface area (Å²) in [4.78, 5) is 21.2. The summed E-state index contributed by atoms with van der Waals surface area (Å²) in [6.07, 6.45) is 17.5. The molecule has 6 heteroatoms. The molecule has 0 amide bonds. The first-order chi connectivity index (χ1) is 17.7. The quantitative estimate of drug-likeness (QED) is 0.0918. The van der Waals surface area contributed by atoms with E-state index in [0.29, 0.717) is 24.3 Å². The van der Waals surface area contributed by atoms with E-state index in [1.54, 1.807) is 24.5 Å². The van der Waals surface area contributed by atoms with Crippen molar-refractivity contribution in [2.24, 2.45) is 5.92 Å². The molecule has 0 N–H and O–H groups in total. The normalized spacial score (nSPS) is 17.5. The molecule has 36 heavy (non-hydrogen) atoms. The van der Waals surface area contributed by atoms with E-state index >= 15 is 0 Å². The summed E-state index contributed by atoms with van der Waals surface area (Å²) in [6, 6.07) is 7.83. The van der Waals surface area contributed by atoms with Crippen LogP contribution in [0, 0.1) is 5.92 Å². The highest BCUT2D eigenvalue weighted by Crippen LogP contribution is 2.36. The first-order valence-electron chi connectivity index (χ1n) is 14.1. The number of hydrogen-bond donors (Lipinski definition) is 0. The molecule has 2 heterocycles. The van der Waals surface area contributed by atoms with Gasteiger partial charge in [-0.05, 0) is 36.5 Å². The Morgan fingerprint density at radius 3 is 2.17 bits per heavy atom. The van der Waals surface area contributed by atoms with Crippen LogP contribution in [-0.2, 0) is 9.53 Å². The van der Waals surface area contributed by atoms with Crippen LogP contribution in [0.15, 0.2) is 36.7 Å². The molecule has 6 nitrogen and oxygen atoms in total. The van der Waals surface area contributed by atoms with Gasteiger partial charge in [-0.15, -0.1) is 0 Å². The van der Waals surface area contributed by atoms with Crippen molar-refractivity contribution in [1.82, 2.24) is 9.97 Å². The second-order valence-corrected chi connectivity index (χ2v) is 9.85. The van der Waals surface area contributed by atoms with E-state index < -0.39 is 6.10 Å². The molecule has 0 radical (unpaired) electrons. The van der Waals surface area contributed by atoms with Crippen LogP contribution in [0.2, 0.25) is 0 Å². The molecule has 1 aliphatic heterocycles. The molecular formula is C30H44N2O4. The maximum atomic E-state index is 12.6. The van der Waals surface area contributed by atoms with Crippen LogP contribution in [-0.4, -0.2) is 34.8 Å². The van der Waals surface area contributed by atoms with E-state index in [9.17, 15) is 4.79 Å². The number of aromatic nitrogens is 2. The smallest absolute Gasteiger partial charge is 0.343 e. The minimum atomic E-state index is -0.432. The van der Waals surface area contributed by atoms with Gasteiger partial charge in [0.05, 0.1) is 12.7 Å². The number of esters is 1. The summed E-state index contributed by atoms with van der Waals surface area (Å²) in [5.41, 5.74) is 1.84. The Hall–Kier alpha value is -2.47. The van der Waals surface area contributed by atoms with Gasteiger partial charge < -0.3 is 14.2 Å². The zero-order chi connectivity index (χ0) is 25.6. The molecule has 0 spiro atoms. The Morgan fingerprint density at radius 1 is 0.861 bits per heavy atom. The average Bonchev–Trinajstić information content (AvgIpc) is 3.70. The number of hydrogen-bond acceptors (Lipinski definition) is 6. The van der Waals surface area contributed by atoms with Crippen LogP contribution < -0.4 is 9.47 Å². The zero-order valence-electron chi connectivity index (χ0n) is 22.4. The van der Waals surface area contributed by atoms with E-state index in [-0.39, 0.29) is 12.1 Å². The van der Waals surface area contributed by atoms with E-state index in [4.69, 9.17) is 14.2 Å². The van der Waals surface area contributed by atoms with E-state index in [0.717, 1.165) is 30.4 Å². The summed E-state index contributed by atoms with van der Waals surface area (Å²) in [7, 11) is 0. The highest BCUT2D eigenvalue weighted by molar-refractivity contribution is 5.80. The Balaban J connectivity index is 1.40. The van der Waals surface area contributed by atoms with Crippen LogP contribution >= 0.6 is 0 Å². The highest BCUT2D eigenvalue weighted by Gasteiger charge is 2.50. The van der Waals surface area contributed by atoms with Crippen molar-refractivity contribution in [3.63, 3.8) is 0 Å². The Morgan fingerprint density at radius 2 is 1.50 bits per heavy atom. The lowest BCUT2D eigenvalue weighted by atomic mass is 9.93. The predicted molar refractivity (Wildman–Crippen MR) is 143 cm³/mol. The summed E-state index contributed by atoms with van der Waals surface area (Å²) in [6.45, 7) is 7.27. The molecule has 2 aromatic rings. The van der Waals surface area contributed by atoms with Crippen molar-refractivity contribution in [1.29, 1.82) is 0 Å². The number of ether oxygens (including phenoxy) is 3. The molecule has 1 aliphatic rings. The third kappa shape index (κ3) is 9.20. The van der Waals surface area contributed by atoms with Gasteiger partial charge in [-0.1, -0.05) is 97.1 Å². The fourth-order valence-corrected chi connectivity index (χ4v) is 4.58. The molecule has 1 unspecified atom stereocenters. The minimum Gasteiger partial charge on any atom is -0.463 e. The maximum absolute atomic E-state index is 12.6. The second kappa shape index (κ2) is 15.6. The number of carbonyl (C=O) groups excluding carboxylic acids is 1. The second-order valence-electron chi connectivity index (χ2n) is 9.85. The van der Waals surface area contributed by atoms with Gasteiger partial charge in [-0.25, -0.2) is 14.8 Å². The molecule has 0 saturated carbocycles. The van der Waals surface area contributed by atoms with E-state index in [1.165, 1.54) is 57.8 Å². The monoisotopic (exact) mass is 496 g/mol. The van der Waals surface area contributed by atoms with Crippen LogP contribution in [0.3, 0.4) is 0 Å². The Labute approximate surface area is 217 Å². The summed E-state index contributed by atoms with van der Waals surface area (Å²) < 4.78 is 17.0. The van der Waals surface area contributed by atoms with Crippen molar-refractivity contribution < 1.29 is 19.0 Å². The third-order valence-electron chi connectivity index (χ3n) is 6.94. The molecular weight excluding hydrogens is 452 g/mol. The van der Waals surface area contributed by atoms with E-state index in [2.05, 4.69) is 30.7 Å². The van der Waals surface area contributed by atoms with Crippen LogP contribution in [0.5, 0.6) is 11.8 Å². The fraction of sp³-hybridized carbons (Fsp3) is 0.633. The summed E-state index contributed by atoms with van der Waals surface area (Å²) in [5, 5.41) is 0. The SMILES string of the molecule is CCCCCCCCOc1ncc(-c2ccc(OC(=O)[C@@H]3O[C@H]3C(CC)CCCCCC)cc2)cn1. The zero-order valence-corrected chi connectivity index (χ0v) is 22.4. The lowest BCUT2D eigenvalue weighted by Crippen LogP contribution is -2.20. The highest BCUT2D eigenvalue weighted by atomic mass is 16.6. The average molecular weight is 497 g/mol. The molecule has 3 atom stereocenters. The van der Waals surface area contributed by atoms with Crippen LogP contribution in [0.25, 0.3) is 11.1 Å². The number of rotatable bonds is 18. The van der Waals surface area contributed by atoms with Crippen molar-refractivity contribution in [2.75, 3.05) is 6.61 Å². The van der Waals surface area contributed by atoms with Gasteiger partial charge in [-0.2, -0.15) is 0 Å². The Kier molecular flexibility index (Phi) is 12.2. The lowest BCUT2D eigenvalue weighted by Gasteiger charge is -2.11. The van der Waals surface area contributed by atoms with Gasteiger partial charge in [-0.3, -0.25) is 0 Å². The number of carbonyl (C=O) groups is 1. The van der Waals surface area contributed by atoms with Gasteiger partial charge in [0.2, 0.25) is 0 Å². The van der Waals surface area contributed by atoms with Gasteiger partial charge in [0.25, 0.3) is 0 Å². The van der Waals surface area contributed by atoms with Gasteiger partial charge in [0, 0.05) is 18.0 Å². The number of epoxide rings is 1. The van der Waals surface area contributed by atoms with Crippen molar-refractivity contribution in [3.05, 3.63) is 36.7 Å². The molecule has 198 valence electrons. The lowest BCUT2D eigenvalue weighted by molar-refractivity contribution is -0.135. The van der Waals surface area contributed by atoms with Crippen molar-refractivity contribution >= 4 is 5.97 Å². The molecule has 1 aromatic heterocycles. The first kappa shape index (κ1) is 28.1. The fourth-order valence-electron chi connectivity index (χ4n) is 4.58. The number of benzene rings is 1. The van der Waals surface area contributed by atoms with Crippen molar-refractivity contribution in [2.45, 2.75) is 110 Å². The number of unbranched alkanes of at least 4 members (excludes halogenated alkanes) is 8. The maximum Gasteiger partial charge on any atom is 0.343 e. The molecule has 1 aromatic carbocycles. The summed E-state index contributed by atoms with van der Waals surface area (Å²) in [5.74, 6) is 0.656. The Bertz CT molecular complexity index is 885. The minimum absolute atomic E-state index is 0.00217. The number of nitrogens with zero attached hydrogens (tertiary/aromatic N) is 2. The molecule has 0 bridgehead atoms. The summed E-state index contributed by atoms with van der Waals surface area (Å²) >= 11 is 0. The van der Waals surface area contributed by atoms with Crippen LogP contribution in [0.1, 0.15) is 97.8 Å². The standard InChI is InChI=1S/C30H44N2O4/c1-4-7-9-11-12-14-20-34-30-31-21-25(22-32-30)24-16-18-26(19-17-24)35-29(33)28-27(36-28)23(6-3)15-13-10-8-5-2/h16-19,21-23,27-28H,4-15,20H2,1-3H3/t23?,27-,28+/m0/s1. The van der Waals surface area contributed by atoms with Gasteiger partial charge in [0.1, 0.15) is 5.75 Å². The predicted octanol–water partition coefficient (Wildman–Crippen LogP) is 7.55. The molecule has 3 rings (SSSR count). The first-order valence-corrected chi connectivity index (χ1v) is 14.1. The molecule has 1 fully saturated rings. The van der Waals surface area contributed by atoms with Gasteiger partial charge in [0.15, 0.2) is 6.10 Å².